The van der Waals surface area contributed by atoms with E-state index in [9.17, 15) is 9.59 Å². The topological polar surface area (TPSA) is 74.4 Å². The third-order valence-electron chi connectivity index (χ3n) is 5.82. The third-order valence-corrected chi connectivity index (χ3v) is 5.82. The van der Waals surface area contributed by atoms with Crippen molar-refractivity contribution < 1.29 is 19.1 Å². The number of nitrogens with one attached hydrogen (secondary N) is 1. The highest BCUT2D eigenvalue weighted by molar-refractivity contribution is 5.94. The molecular formula is C24H38N4O4. The summed E-state index contributed by atoms with van der Waals surface area (Å²) in [7, 11) is 1.82. The number of benzene rings is 1. The van der Waals surface area contributed by atoms with Crippen LogP contribution in [0.5, 0.6) is 0 Å². The Hall–Kier alpha value is -2.32. The normalized spacial score (nSPS) is 17.9. The number of likely N-dealkylation sites (N-methyl/N-ethyl adjacent to an activating group) is 1. The van der Waals surface area contributed by atoms with Crippen molar-refractivity contribution in [1.82, 2.24) is 15.1 Å². The monoisotopic (exact) mass is 446 g/mol. The lowest BCUT2D eigenvalue weighted by atomic mass is 10.1. The zero-order valence-corrected chi connectivity index (χ0v) is 19.9. The van der Waals surface area contributed by atoms with E-state index in [1.165, 1.54) is 0 Å². The predicted octanol–water partition coefficient (Wildman–Crippen LogP) is 2.58. The van der Waals surface area contributed by atoms with E-state index >= 15 is 0 Å². The molecule has 0 bridgehead atoms. The molecule has 8 nitrogen and oxygen atoms in total. The molecule has 2 heterocycles. The first-order chi connectivity index (χ1) is 15.2. The molecule has 0 aliphatic carbocycles. The quantitative estimate of drug-likeness (QED) is 0.724. The molecule has 1 aromatic rings. The van der Waals surface area contributed by atoms with Gasteiger partial charge in [0.1, 0.15) is 5.60 Å². The van der Waals surface area contributed by atoms with Gasteiger partial charge in [0.25, 0.3) is 5.91 Å². The van der Waals surface area contributed by atoms with Crippen LogP contribution in [0.1, 0.15) is 44.0 Å². The van der Waals surface area contributed by atoms with Gasteiger partial charge in [-0.15, -0.1) is 0 Å². The molecule has 1 aromatic carbocycles. The van der Waals surface area contributed by atoms with E-state index in [1.807, 2.05) is 52.1 Å². The second-order valence-corrected chi connectivity index (χ2v) is 9.55. The van der Waals surface area contributed by atoms with Crippen LogP contribution in [-0.4, -0.2) is 93.0 Å². The molecule has 0 saturated carbocycles. The largest absolute Gasteiger partial charge is 0.444 e. The van der Waals surface area contributed by atoms with Gasteiger partial charge in [-0.2, -0.15) is 0 Å². The van der Waals surface area contributed by atoms with Crippen LogP contribution < -0.4 is 10.2 Å². The minimum atomic E-state index is -0.483. The van der Waals surface area contributed by atoms with Crippen molar-refractivity contribution in [3.63, 3.8) is 0 Å². The van der Waals surface area contributed by atoms with Crippen molar-refractivity contribution >= 4 is 17.7 Å². The minimum Gasteiger partial charge on any atom is -0.444 e. The Morgan fingerprint density at radius 3 is 2.28 bits per heavy atom. The predicted molar refractivity (Wildman–Crippen MR) is 125 cm³/mol. The van der Waals surface area contributed by atoms with Crippen LogP contribution in [0.25, 0.3) is 0 Å². The average molecular weight is 447 g/mol. The third kappa shape index (κ3) is 7.10. The first kappa shape index (κ1) is 24.3. The van der Waals surface area contributed by atoms with Crippen molar-refractivity contribution in [2.45, 2.75) is 45.3 Å². The van der Waals surface area contributed by atoms with Crippen molar-refractivity contribution in [2.75, 3.05) is 64.4 Å². The second-order valence-electron chi connectivity index (χ2n) is 9.55. The van der Waals surface area contributed by atoms with E-state index in [0.717, 1.165) is 44.7 Å². The van der Waals surface area contributed by atoms with Crippen LogP contribution in [0.15, 0.2) is 24.3 Å². The van der Waals surface area contributed by atoms with E-state index in [2.05, 4.69) is 10.2 Å². The molecule has 0 spiro atoms. The Morgan fingerprint density at radius 2 is 1.69 bits per heavy atom. The number of carbonyl (C=O) groups is 2. The molecular weight excluding hydrogens is 408 g/mol. The average Bonchev–Trinajstić information content (AvgIpc) is 2.78. The van der Waals surface area contributed by atoms with Crippen LogP contribution in [-0.2, 0) is 9.47 Å². The van der Waals surface area contributed by atoms with E-state index in [-0.39, 0.29) is 12.0 Å². The van der Waals surface area contributed by atoms with Gasteiger partial charge in [-0.1, -0.05) is 0 Å². The van der Waals surface area contributed by atoms with Crippen LogP contribution in [0, 0.1) is 0 Å². The number of nitrogens with zero attached hydrogens (tertiary/aromatic N) is 3. The maximum atomic E-state index is 12.7. The van der Waals surface area contributed by atoms with Crippen molar-refractivity contribution in [3.8, 4) is 0 Å². The van der Waals surface area contributed by atoms with Crippen LogP contribution >= 0.6 is 0 Å². The number of hydrogen-bond acceptors (Lipinski definition) is 6. The van der Waals surface area contributed by atoms with Gasteiger partial charge < -0.3 is 29.5 Å². The minimum absolute atomic E-state index is 0.000191. The number of ether oxygens (including phenoxy) is 2. The summed E-state index contributed by atoms with van der Waals surface area (Å²) in [5.41, 5.74) is 1.25. The lowest BCUT2D eigenvalue weighted by Crippen LogP contribution is -2.50. The van der Waals surface area contributed by atoms with E-state index in [0.29, 0.717) is 37.9 Å². The number of amides is 2. The summed E-state index contributed by atoms with van der Waals surface area (Å²) in [6.45, 7) is 11.5. The first-order valence-electron chi connectivity index (χ1n) is 11.6. The van der Waals surface area contributed by atoms with E-state index in [4.69, 9.17) is 9.47 Å². The standard InChI is InChI=1S/C24H38N4O4/c1-24(2,3)32-23(30)28-15-13-27(14-16-28)20-7-5-19(6-8-20)22(29)26(4)17-18-31-21-9-11-25-12-10-21/h5-8,21,25H,9-18H2,1-4H3. The number of carbonyl (C=O) groups excluding carboxylic acids is 2. The van der Waals surface area contributed by atoms with Gasteiger partial charge in [-0.25, -0.2) is 4.79 Å². The molecule has 32 heavy (non-hydrogen) atoms. The number of rotatable bonds is 6. The lowest BCUT2D eigenvalue weighted by Gasteiger charge is -2.36. The highest BCUT2D eigenvalue weighted by atomic mass is 16.6. The van der Waals surface area contributed by atoms with Gasteiger partial charge in [-0.05, 0) is 71.0 Å². The molecule has 0 unspecified atom stereocenters. The van der Waals surface area contributed by atoms with E-state index < -0.39 is 5.60 Å². The molecule has 0 radical (unpaired) electrons. The summed E-state index contributed by atoms with van der Waals surface area (Å²) in [4.78, 5) is 30.7. The first-order valence-corrected chi connectivity index (χ1v) is 11.6. The molecule has 8 heteroatoms. The van der Waals surface area contributed by atoms with E-state index in [1.54, 1.807) is 9.80 Å². The van der Waals surface area contributed by atoms with Crippen molar-refractivity contribution in [3.05, 3.63) is 29.8 Å². The zero-order valence-electron chi connectivity index (χ0n) is 19.9. The van der Waals surface area contributed by atoms with Crippen molar-refractivity contribution in [2.24, 2.45) is 0 Å². The van der Waals surface area contributed by atoms with Gasteiger partial charge in [0.2, 0.25) is 0 Å². The summed E-state index contributed by atoms with van der Waals surface area (Å²) >= 11 is 0. The molecule has 2 aliphatic heterocycles. The van der Waals surface area contributed by atoms with Gasteiger partial charge in [0, 0.05) is 51.0 Å². The molecule has 178 valence electrons. The zero-order chi connectivity index (χ0) is 23.1. The molecule has 2 amide bonds. The Bertz CT molecular complexity index is 748. The number of piperazine rings is 1. The van der Waals surface area contributed by atoms with Gasteiger partial charge in [0.05, 0.1) is 12.7 Å². The van der Waals surface area contributed by atoms with Crippen LogP contribution in [0.4, 0.5) is 10.5 Å². The van der Waals surface area contributed by atoms with Gasteiger partial charge in [-0.3, -0.25) is 4.79 Å². The fourth-order valence-corrected chi connectivity index (χ4v) is 3.93. The van der Waals surface area contributed by atoms with Gasteiger partial charge in [0.15, 0.2) is 0 Å². The van der Waals surface area contributed by atoms with Crippen LogP contribution in [0.2, 0.25) is 0 Å². The Labute approximate surface area is 191 Å². The van der Waals surface area contributed by atoms with Crippen LogP contribution in [0.3, 0.4) is 0 Å². The maximum absolute atomic E-state index is 12.7. The maximum Gasteiger partial charge on any atom is 0.410 e. The summed E-state index contributed by atoms with van der Waals surface area (Å²) < 4.78 is 11.4. The number of hydrogen-bond donors (Lipinski definition) is 1. The summed E-state index contributed by atoms with van der Waals surface area (Å²) in [6.07, 6.45) is 2.11. The Morgan fingerprint density at radius 1 is 1.06 bits per heavy atom. The Balaban J connectivity index is 1.44. The molecule has 0 atom stereocenters. The van der Waals surface area contributed by atoms with Crippen molar-refractivity contribution in [1.29, 1.82) is 0 Å². The molecule has 3 rings (SSSR count). The molecule has 2 fully saturated rings. The fraction of sp³-hybridized carbons (Fsp3) is 0.667. The summed E-state index contributed by atoms with van der Waals surface area (Å²) in [6, 6.07) is 7.72. The number of anilines is 1. The lowest BCUT2D eigenvalue weighted by molar-refractivity contribution is 0.0223. The molecule has 2 saturated heterocycles. The SMILES string of the molecule is CN(CCOC1CCNCC1)C(=O)c1ccc(N2CCN(C(=O)OC(C)(C)C)CC2)cc1. The smallest absolute Gasteiger partial charge is 0.410 e. The molecule has 1 N–H and O–H groups in total. The summed E-state index contributed by atoms with van der Waals surface area (Å²) in [5.74, 6) is 0.000191. The molecule has 0 aromatic heterocycles. The number of piperidine rings is 1. The highest BCUT2D eigenvalue weighted by Crippen LogP contribution is 2.19. The Kier molecular flexibility index (Phi) is 8.37. The fourth-order valence-electron chi connectivity index (χ4n) is 3.93. The molecule has 2 aliphatic rings. The highest BCUT2D eigenvalue weighted by Gasteiger charge is 2.26. The second kappa shape index (κ2) is 11.0. The summed E-state index contributed by atoms with van der Waals surface area (Å²) in [5, 5.41) is 3.33. The van der Waals surface area contributed by atoms with Gasteiger partial charge >= 0.3 is 6.09 Å².